The monoisotopic (exact) mass is 313 g/mol. The second kappa shape index (κ2) is 8.48. The largest absolute Gasteiger partial charge is 0.444 e. The third kappa shape index (κ3) is 6.75. The summed E-state index contributed by atoms with van der Waals surface area (Å²) in [5, 5.41) is 5.80. The molecule has 1 rings (SSSR count). The van der Waals surface area contributed by atoms with E-state index in [-0.39, 0.29) is 0 Å². The number of ether oxygens (including phenoxy) is 1. The van der Waals surface area contributed by atoms with E-state index in [0.29, 0.717) is 18.6 Å². The van der Waals surface area contributed by atoms with Crippen LogP contribution in [0.1, 0.15) is 47.0 Å². The number of hydrogen-bond donors (Lipinski definition) is 2. The van der Waals surface area contributed by atoms with Crippen LogP contribution in [0, 0.1) is 0 Å². The van der Waals surface area contributed by atoms with Crippen LogP contribution in [0.15, 0.2) is 0 Å². The molecule has 0 aromatic carbocycles. The minimum Gasteiger partial charge on any atom is -0.444 e. The van der Waals surface area contributed by atoms with Crippen LogP contribution < -0.4 is 10.6 Å². The fraction of sp³-hybridized carbons (Fsp3) is 0.875. The van der Waals surface area contributed by atoms with Gasteiger partial charge in [-0.25, -0.2) is 4.79 Å². The maximum atomic E-state index is 11.6. The van der Waals surface area contributed by atoms with Crippen LogP contribution in [0.4, 0.5) is 4.79 Å². The molecular formula is C16H31N3O3. The lowest BCUT2D eigenvalue weighted by molar-refractivity contribution is -0.109. The number of nitrogens with one attached hydrogen (secondary N) is 2. The second-order valence-electron chi connectivity index (χ2n) is 7.13. The predicted octanol–water partition coefficient (Wildman–Crippen LogP) is 1.54. The van der Waals surface area contributed by atoms with Gasteiger partial charge in [0.25, 0.3) is 0 Å². The van der Waals surface area contributed by atoms with Gasteiger partial charge in [0.15, 0.2) is 0 Å². The van der Waals surface area contributed by atoms with Crippen LogP contribution in [-0.4, -0.2) is 61.1 Å². The molecule has 1 fully saturated rings. The highest BCUT2D eigenvalue weighted by Crippen LogP contribution is 2.23. The molecule has 0 radical (unpaired) electrons. The van der Waals surface area contributed by atoms with E-state index < -0.39 is 17.7 Å². The number of nitrogens with zero attached hydrogens (tertiary/aromatic N) is 1. The molecule has 0 aromatic heterocycles. The first-order valence-corrected chi connectivity index (χ1v) is 8.10. The Morgan fingerprint density at radius 3 is 2.59 bits per heavy atom. The van der Waals surface area contributed by atoms with Crippen LogP contribution >= 0.6 is 0 Å². The van der Waals surface area contributed by atoms with Crippen molar-refractivity contribution >= 4 is 12.4 Å². The first-order chi connectivity index (χ1) is 10.2. The van der Waals surface area contributed by atoms with Gasteiger partial charge >= 0.3 is 6.09 Å². The maximum Gasteiger partial charge on any atom is 0.408 e. The van der Waals surface area contributed by atoms with Crippen LogP contribution in [-0.2, 0) is 9.53 Å². The summed E-state index contributed by atoms with van der Waals surface area (Å²) in [6.07, 6.45) is 3.71. The van der Waals surface area contributed by atoms with Crippen molar-refractivity contribution in [3.63, 3.8) is 0 Å². The van der Waals surface area contributed by atoms with E-state index in [9.17, 15) is 9.59 Å². The number of carbonyl (C=O) groups is 2. The van der Waals surface area contributed by atoms with Crippen molar-refractivity contribution in [1.82, 2.24) is 15.5 Å². The van der Waals surface area contributed by atoms with E-state index in [2.05, 4.69) is 29.5 Å². The molecule has 2 N–H and O–H groups in total. The van der Waals surface area contributed by atoms with Gasteiger partial charge in [-0.3, -0.25) is 0 Å². The number of aldehydes is 1. The van der Waals surface area contributed by atoms with Gasteiger partial charge in [0, 0.05) is 18.6 Å². The number of amides is 1. The molecule has 0 saturated carbocycles. The van der Waals surface area contributed by atoms with Crippen molar-refractivity contribution in [2.45, 2.75) is 70.7 Å². The number of hydrogen-bond acceptors (Lipinski definition) is 5. The molecule has 1 amide bonds. The number of rotatable bonds is 7. The van der Waals surface area contributed by atoms with Gasteiger partial charge in [-0.15, -0.1) is 0 Å². The molecule has 1 aliphatic heterocycles. The van der Waals surface area contributed by atoms with Gasteiger partial charge in [-0.05, 0) is 60.5 Å². The molecule has 0 aliphatic carbocycles. The zero-order valence-electron chi connectivity index (χ0n) is 14.5. The Morgan fingerprint density at radius 2 is 2.09 bits per heavy atom. The number of likely N-dealkylation sites (tertiary alicyclic amines) is 1. The third-order valence-electron chi connectivity index (χ3n) is 4.07. The molecule has 1 saturated heterocycles. The molecular weight excluding hydrogens is 282 g/mol. The number of alkyl carbamates (subject to hydrolysis) is 1. The van der Waals surface area contributed by atoms with Gasteiger partial charge in [0.1, 0.15) is 17.9 Å². The Labute approximate surface area is 134 Å². The molecule has 0 bridgehead atoms. The zero-order chi connectivity index (χ0) is 16.8. The average Bonchev–Trinajstić information content (AvgIpc) is 2.71. The zero-order valence-corrected chi connectivity index (χ0v) is 14.5. The molecule has 6 nitrogen and oxygen atoms in total. The molecule has 22 heavy (non-hydrogen) atoms. The summed E-state index contributed by atoms with van der Waals surface area (Å²) in [7, 11) is 2.17. The van der Waals surface area contributed by atoms with E-state index in [1.54, 1.807) is 20.8 Å². The summed E-state index contributed by atoms with van der Waals surface area (Å²) in [4.78, 5) is 25.1. The summed E-state index contributed by atoms with van der Waals surface area (Å²) in [5.41, 5.74) is -0.561. The first kappa shape index (κ1) is 18.9. The Morgan fingerprint density at radius 1 is 1.41 bits per heavy atom. The quantitative estimate of drug-likeness (QED) is 0.551. The molecule has 1 aliphatic rings. The van der Waals surface area contributed by atoms with Gasteiger partial charge in [0.05, 0.1) is 0 Å². The lowest BCUT2D eigenvalue weighted by Gasteiger charge is -2.24. The molecule has 3 atom stereocenters. The maximum absolute atomic E-state index is 11.6. The van der Waals surface area contributed by atoms with Gasteiger partial charge in [0.2, 0.25) is 0 Å². The van der Waals surface area contributed by atoms with Crippen LogP contribution in [0.3, 0.4) is 0 Å². The fourth-order valence-electron chi connectivity index (χ4n) is 2.67. The van der Waals surface area contributed by atoms with Crippen molar-refractivity contribution in [2.24, 2.45) is 0 Å². The van der Waals surface area contributed by atoms with Gasteiger partial charge in [-0.1, -0.05) is 0 Å². The summed E-state index contributed by atoms with van der Waals surface area (Å²) in [6, 6.07) is 0.702. The first-order valence-electron chi connectivity index (χ1n) is 8.10. The highest BCUT2D eigenvalue weighted by atomic mass is 16.6. The van der Waals surface area contributed by atoms with Crippen LogP contribution in [0.25, 0.3) is 0 Å². The SMILES string of the molecule is CC1CCC(CCNCC(C=O)NC(=O)OC(C)(C)C)N1C. The minimum atomic E-state index is -0.561. The lowest BCUT2D eigenvalue weighted by Crippen LogP contribution is -2.45. The Bertz CT molecular complexity index is 368. The summed E-state index contributed by atoms with van der Waals surface area (Å²) >= 11 is 0. The molecule has 128 valence electrons. The van der Waals surface area contributed by atoms with Gasteiger partial charge in [-0.2, -0.15) is 0 Å². The molecule has 0 spiro atoms. The molecule has 3 unspecified atom stereocenters. The van der Waals surface area contributed by atoms with E-state index in [4.69, 9.17) is 4.74 Å². The van der Waals surface area contributed by atoms with E-state index >= 15 is 0 Å². The predicted molar refractivity (Wildman–Crippen MR) is 87.0 cm³/mol. The molecule has 0 aromatic rings. The Hall–Kier alpha value is -1.14. The second-order valence-corrected chi connectivity index (χ2v) is 7.13. The van der Waals surface area contributed by atoms with E-state index in [1.165, 1.54) is 12.8 Å². The topological polar surface area (TPSA) is 70.7 Å². The average molecular weight is 313 g/mol. The van der Waals surface area contributed by atoms with Crippen molar-refractivity contribution < 1.29 is 14.3 Å². The summed E-state index contributed by atoms with van der Waals surface area (Å²) in [6.45, 7) is 8.89. The third-order valence-corrected chi connectivity index (χ3v) is 4.07. The standard InChI is InChI=1S/C16H31N3O3/c1-12-6-7-14(19(12)5)8-9-17-10-13(11-20)18-15(21)22-16(2,3)4/h11-14,17H,6-10H2,1-5H3,(H,18,21). The van der Waals surface area contributed by atoms with Crippen LogP contribution in [0.2, 0.25) is 0 Å². The highest BCUT2D eigenvalue weighted by molar-refractivity contribution is 5.73. The smallest absolute Gasteiger partial charge is 0.408 e. The normalized spacial score (nSPS) is 24.0. The highest BCUT2D eigenvalue weighted by Gasteiger charge is 2.26. The van der Waals surface area contributed by atoms with Crippen molar-refractivity contribution in [3.8, 4) is 0 Å². The van der Waals surface area contributed by atoms with Gasteiger partial charge < -0.3 is 25.1 Å². The molecule has 6 heteroatoms. The minimum absolute atomic E-state index is 0.425. The van der Waals surface area contributed by atoms with Crippen molar-refractivity contribution in [2.75, 3.05) is 20.1 Å². The number of carbonyl (C=O) groups excluding carboxylic acids is 2. The summed E-state index contributed by atoms with van der Waals surface area (Å²) in [5.74, 6) is 0. The Balaban J connectivity index is 2.21. The lowest BCUT2D eigenvalue weighted by atomic mass is 10.1. The van der Waals surface area contributed by atoms with Crippen molar-refractivity contribution in [1.29, 1.82) is 0 Å². The van der Waals surface area contributed by atoms with E-state index in [1.807, 2.05) is 0 Å². The molecule has 1 heterocycles. The summed E-state index contributed by atoms with van der Waals surface area (Å²) < 4.78 is 5.14. The Kier molecular flexibility index (Phi) is 7.29. The van der Waals surface area contributed by atoms with Crippen LogP contribution in [0.5, 0.6) is 0 Å². The van der Waals surface area contributed by atoms with E-state index in [0.717, 1.165) is 19.3 Å². The van der Waals surface area contributed by atoms with Crippen molar-refractivity contribution in [3.05, 3.63) is 0 Å². The fourth-order valence-corrected chi connectivity index (χ4v) is 2.67.